The Labute approximate surface area is 160 Å². The van der Waals surface area contributed by atoms with Crippen LogP contribution < -0.4 is 10.2 Å². The summed E-state index contributed by atoms with van der Waals surface area (Å²) in [4.78, 5) is 39.3. The molecule has 1 saturated heterocycles. The summed E-state index contributed by atoms with van der Waals surface area (Å²) in [5.41, 5.74) is 0.576. The minimum absolute atomic E-state index is 0.0380. The van der Waals surface area contributed by atoms with Crippen molar-refractivity contribution < 1.29 is 19.5 Å². The standard InChI is InChI=1S/C20H29N3O4/c1-15(2)12-21-20(27)22-10-6-7-16(13-22)11-18(24)23(14-19(25)26)17-8-4-3-5-9-17/h3-5,8-9,15-16H,6-7,10-14H2,1-2H3,(H,21,27)(H,25,26). The van der Waals surface area contributed by atoms with Gasteiger partial charge in [0.2, 0.25) is 5.91 Å². The summed E-state index contributed by atoms with van der Waals surface area (Å²) in [6.45, 7) is 5.54. The number of likely N-dealkylation sites (tertiary alicyclic amines) is 1. The molecule has 0 spiro atoms. The van der Waals surface area contributed by atoms with Crippen LogP contribution in [0.4, 0.5) is 10.5 Å². The van der Waals surface area contributed by atoms with Crippen LogP contribution in [0.5, 0.6) is 0 Å². The number of carboxylic acid groups (broad SMARTS) is 1. The normalized spacial score (nSPS) is 16.9. The zero-order chi connectivity index (χ0) is 19.8. The Morgan fingerprint density at radius 3 is 2.59 bits per heavy atom. The Kier molecular flexibility index (Phi) is 7.64. The molecule has 1 atom stereocenters. The van der Waals surface area contributed by atoms with Crippen molar-refractivity contribution in [2.24, 2.45) is 11.8 Å². The van der Waals surface area contributed by atoms with Crippen LogP contribution >= 0.6 is 0 Å². The number of para-hydroxylation sites is 1. The maximum absolute atomic E-state index is 12.8. The zero-order valence-electron chi connectivity index (χ0n) is 16.1. The lowest BCUT2D eigenvalue weighted by Crippen LogP contribution is -2.47. The number of benzene rings is 1. The monoisotopic (exact) mass is 375 g/mol. The van der Waals surface area contributed by atoms with Crippen molar-refractivity contribution in [3.63, 3.8) is 0 Å². The van der Waals surface area contributed by atoms with Crippen LogP contribution in [0, 0.1) is 11.8 Å². The molecule has 0 saturated carbocycles. The molecule has 0 radical (unpaired) electrons. The second-order valence-corrected chi connectivity index (χ2v) is 7.45. The summed E-state index contributed by atoms with van der Waals surface area (Å²) < 4.78 is 0. The lowest BCUT2D eigenvalue weighted by Gasteiger charge is -2.33. The van der Waals surface area contributed by atoms with E-state index in [-0.39, 0.29) is 30.8 Å². The van der Waals surface area contributed by atoms with E-state index >= 15 is 0 Å². The Hall–Kier alpha value is -2.57. The first-order valence-corrected chi connectivity index (χ1v) is 9.46. The van der Waals surface area contributed by atoms with Crippen molar-refractivity contribution in [2.75, 3.05) is 31.1 Å². The second-order valence-electron chi connectivity index (χ2n) is 7.45. The van der Waals surface area contributed by atoms with Gasteiger partial charge in [-0.2, -0.15) is 0 Å². The molecule has 1 aliphatic rings. The van der Waals surface area contributed by atoms with E-state index in [1.807, 2.05) is 19.9 Å². The van der Waals surface area contributed by atoms with Crippen LogP contribution in [0.1, 0.15) is 33.1 Å². The summed E-state index contributed by atoms with van der Waals surface area (Å²) >= 11 is 0. The third-order valence-electron chi connectivity index (χ3n) is 4.59. The van der Waals surface area contributed by atoms with E-state index in [9.17, 15) is 14.4 Å². The molecule has 7 heteroatoms. The van der Waals surface area contributed by atoms with Gasteiger partial charge >= 0.3 is 12.0 Å². The average Bonchev–Trinajstić information content (AvgIpc) is 2.64. The van der Waals surface area contributed by atoms with Gasteiger partial charge in [0, 0.05) is 31.7 Å². The fourth-order valence-corrected chi connectivity index (χ4v) is 3.24. The first-order valence-electron chi connectivity index (χ1n) is 9.46. The van der Waals surface area contributed by atoms with Crippen molar-refractivity contribution >= 4 is 23.6 Å². The van der Waals surface area contributed by atoms with E-state index < -0.39 is 5.97 Å². The first kappa shape index (κ1) is 20.7. The Morgan fingerprint density at radius 2 is 1.96 bits per heavy atom. The molecular formula is C20H29N3O4. The number of carbonyl (C=O) groups excluding carboxylic acids is 2. The van der Waals surface area contributed by atoms with Crippen molar-refractivity contribution in [1.29, 1.82) is 0 Å². The molecule has 148 valence electrons. The predicted molar refractivity (Wildman–Crippen MR) is 104 cm³/mol. The molecule has 1 unspecified atom stereocenters. The highest BCUT2D eigenvalue weighted by molar-refractivity contribution is 5.97. The van der Waals surface area contributed by atoms with Crippen molar-refractivity contribution in [3.05, 3.63) is 30.3 Å². The van der Waals surface area contributed by atoms with Gasteiger partial charge in [-0.25, -0.2) is 4.79 Å². The zero-order valence-corrected chi connectivity index (χ0v) is 16.1. The van der Waals surface area contributed by atoms with Gasteiger partial charge in [-0.15, -0.1) is 0 Å². The summed E-state index contributed by atoms with van der Waals surface area (Å²) in [5.74, 6) is -0.855. The Bertz CT molecular complexity index is 648. The lowest BCUT2D eigenvalue weighted by atomic mass is 9.94. The average molecular weight is 375 g/mol. The smallest absolute Gasteiger partial charge is 0.323 e. The molecule has 1 aromatic rings. The SMILES string of the molecule is CC(C)CNC(=O)N1CCCC(CC(=O)N(CC(=O)O)c2ccccc2)C1. The summed E-state index contributed by atoms with van der Waals surface area (Å²) in [6, 6.07) is 8.74. The van der Waals surface area contributed by atoms with E-state index in [1.54, 1.807) is 29.2 Å². The van der Waals surface area contributed by atoms with E-state index in [4.69, 9.17) is 5.11 Å². The predicted octanol–water partition coefficient (Wildman–Crippen LogP) is 2.57. The number of amides is 3. The topological polar surface area (TPSA) is 90.0 Å². The second kappa shape index (κ2) is 9.94. The van der Waals surface area contributed by atoms with E-state index in [0.29, 0.717) is 31.2 Å². The van der Waals surface area contributed by atoms with Gasteiger partial charge in [0.25, 0.3) is 0 Å². The number of carboxylic acids is 1. The fraction of sp³-hybridized carbons (Fsp3) is 0.550. The molecule has 1 fully saturated rings. The molecule has 27 heavy (non-hydrogen) atoms. The molecule has 0 aliphatic carbocycles. The molecule has 1 heterocycles. The number of carbonyl (C=O) groups is 3. The minimum atomic E-state index is -1.05. The van der Waals surface area contributed by atoms with Gasteiger partial charge in [0.05, 0.1) is 0 Å². The third kappa shape index (κ3) is 6.58. The van der Waals surface area contributed by atoms with Gasteiger partial charge in [-0.05, 0) is 36.8 Å². The van der Waals surface area contributed by atoms with Crippen LogP contribution in [0.15, 0.2) is 30.3 Å². The Morgan fingerprint density at radius 1 is 1.26 bits per heavy atom. The Balaban J connectivity index is 1.97. The molecule has 3 amide bonds. The maximum atomic E-state index is 12.8. The molecule has 1 aliphatic heterocycles. The number of hydrogen-bond acceptors (Lipinski definition) is 3. The fourth-order valence-electron chi connectivity index (χ4n) is 3.24. The van der Waals surface area contributed by atoms with Crippen LogP contribution in [-0.2, 0) is 9.59 Å². The van der Waals surface area contributed by atoms with Gasteiger partial charge in [0.1, 0.15) is 6.54 Å². The highest BCUT2D eigenvalue weighted by Crippen LogP contribution is 2.23. The lowest BCUT2D eigenvalue weighted by molar-refractivity contribution is -0.136. The number of urea groups is 1. The summed E-state index contributed by atoms with van der Waals surface area (Å²) in [7, 11) is 0. The number of piperidine rings is 1. The van der Waals surface area contributed by atoms with Crippen LogP contribution in [0.2, 0.25) is 0 Å². The van der Waals surface area contributed by atoms with E-state index in [2.05, 4.69) is 5.32 Å². The molecule has 0 bridgehead atoms. The number of aliphatic carboxylic acids is 1. The van der Waals surface area contributed by atoms with Crippen LogP contribution in [-0.4, -0.2) is 54.1 Å². The van der Waals surface area contributed by atoms with Crippen LogP contribution in [0.25, 0.3) is 0 Å². The van der Waals surface area contributed by atoms with Gasteiger partial charge in [-0.3, -0.25) is 9.59 Å². The maximum Gasteiger partial charge on any atom is 0.323 e. The number of rotatable bonds is 7. The highest BCUT2D eigenvalue weighted by Gasteiger charge is 2.28. The largest absolute Gasteiger partial charge is 0.480 e. The molecule has 2 rings (SSSR count). The first-order chi connectivity index (χ1) is 12.9. The van der Waals surface area contributed by atoms with Crippen molar-refractivity contribution in [1.82, 2.24) is 10.2 Å². The molecular weight excluding hydrogens is 346 g/mol. The highest BCUT2D eigenvalue weighted by atomic mass is 16.4. The van der Waals surface area contributed by atoms with Gasteiger partial charge in [0.15, 0.2) is 0 Å². The number of hydrogen-bond donors (Lipinski definition) is 2. The van der Waals surface area contributed by atoms with Crippen molar-refractivity contribution in [3.8, 4) is 0 Å². The summed E-state index contributed by atoms with van der Waals surface area (Å²) in [6.07, 6.45) is 1.93. The summed E-state index contributed by atoms with van der Waals surface area (Å²) in [5, 5.41) is 12.1. The van der Waals surface area contributed by atoms with E-state index in [0.717, 1.165) is 12.8 Å². The minimum Gasteiger partial charge on any atom is -0.480 e. The number of anilines is 1. The molecule has 1 aromatic carbocycles. The van der Waals surface area contributed by atoms with Gasteiger partial charge < -0.3 is 20.2 Å². The molecule has 7 nitrogen and oxygen atoms in total. The van der Waals surface area contributed by atoms with Crippen molar-refractivity contribution in [2.45, 2.75) is 33.1 Å². The number of nitrogens with zero attached hydrogens (tertiary/aromatic N) is 2. The van der Waals surface area contributed by atoms with Gasteiger partial charge in [-0.1, -0.05) is 32.0 Å². The van der Waals surface area contributed by atoms with Crippen LogP contribution in [0.3, 0.4) is 0 Å². The quantitative estimate of drug-likeness (QED) is 0.766. The molecule has 2 N–H and O–H groups in total. The third-order valence-corrected chi connectivity index (χ3v) is 4.59. The van der Waals surface area contributed by atoms with E-state index in [1.165, 1.54) is 4.90 Å². The molecule has 0 aromatic heterocycles. The number of nitrogens with one attached hydrogen (secondary N) is 1.